The number of halogens is 2. The Balaban J connectivity index is 1.43. The highest BCUT2D eigenvalue weighted by molar-refractivity contribution is 6.32. The van der Waals surface area contributed by atoms with Gasteiger partial charge in [-0.1, -0.05) is 35.3 Å². The van der Waals surface area contributed by atoms with Crippen LogP contribution in [0.25, 0.3) is 11.0 Å². The van der Waals surface area contributed by atoms with Crippen molar-refractivity contribution in [1.82, 2.24) is 30.3 Å². The number of nitrogens with zero attached hydrogens (tertiary/aromatic N) is 4. The van der Waals surface area contributed by atoms with Crippen LogP contribution in [0.3, 0.4) is 0 Å². The van der Waals surface area contributed by atoms with Gasteiger partial charge in [0, 0.05) is 19.2 Å². The maximum absolute atomic E-state index is 13.9. The van der Waals surface area contributed by atoms with Crippen molar-refractivity contribution in [3.05, 3.63) is 82.1 Å². The first kappa shape index (κ1) is 25.9. The number of carbonyl (C=O) groups excluding carboxylic acids is 2. The van der Waals surface area contributed by atoms with Gasteiger partial charge in [-0.2, -0.15) is 0 Å². The number of ether oxygens (including phenoxy) is 1. The summed E-state index contributed by atoms with van der Waals surface area (Å²) in [6.07, 6.45) is 4.09. The quantitative estimate of drug-likeness (QED) is 0.171. The number of fused-ring (bicyclic) bond motifs is 1. The third-order valence-corrected chi connectivity index (χ3v) is 7.23. The van der Waals surface area contributed by atoms with Crippen LogP contribution in [0, 0.1) is 0 Å². The summed E-state index contributed by atoms with van der Waals surface area (Å²) in [7, 11) is 0. The van der Waals surface area contributed by atoms with Crippen LogP contribution in [0.15, 0.2) is 54.9 Å². The Hall–Kier alpha value is -3.73. The molecule has 2 atom stereocenters. The van der Waals surface area contributed by atoms with E-state index in [0.29, 0.717) is 31.0 Å². The van der Waals surface area contributed by atoms with Crippen LogP contribution in [-0.4, -0.2) is 54.4 Å². The largest absolute Gasteiger partial charge is 0.489 e. The molecular formula is C26H24Cl2N6O4. The number of imidazole rings is 1. The Kier molecular flexibility index (Phi) is 7.20. The predicted octanol–water partition coefficient (Wildman–Crippen LogP) is 3.85. The molecule has 0 aliphatic carbocycles. The SMILES string of the molecule is CC(C(=O)NO)N1CCC(Cc2nc3ccncc3[nH]2)(c2ccc(OCc3cc(Cl)nc(Cl)c3)cc2)C1=O. The Morgan fingerprint density at radius 3 is 2.63 bits per heavy atom. The summed E-state index contributed by atoms with van der Waals surface area (Å²) in [4.78, 5) is 43.5. The fraction of sp³-hybridized carbons (Fsp3) is 0.269. The van der Waals surface area contributed by atoms with Gasteiger partial charge in [-0.15, -0.1) is 0 Å². The molecule has 1 fully saturated rings. The van der Waals surface area contributed by atoms with E-state index in [1.54, 1.807) is 55.1 Å². The summed E-state index contributed by atoms with van der Waals surface area (Å²) in [5.41, 5.74) is 3.73. The average Bonchev–Trinajstić information content (AvgIpc) is 3.47. The molecule has 4 aromatic rings. The van der Waals surface area contributed by atoms with Crippen molar-refractivity contribution in [3.8, 4) is 5.75 Å². The van der Waals surface area contributed by atoms with Gasteiger partial charge < -0.3 is 14.6 Å². The highest BCUT2D eigenvalue weighted by atomic mass is 35.5. The van der Waals surface area contributed by atoms with E-state index in [4.69, 9.17) is 33.1 Å². The van der Waals surface area contributed by atoms with E-state index in [2.05, 4.69) is 19.9 Å². The predicted molar refractivity (Wildman–Crippen MR) is 140 cm³/mol. The maximum Gasteiger partial charge on any atom is 0.265 e. The smallest absolute Gasteiger partial charge is 0.265 e. The van der Waals surface area contributed by atoms with Crippen LogP contribution in [-0.2, 0) is 28.0 Å². The van der Waals surface area contributed by atoms with Crippen molar-refractivity contribution < 1.29 is 19.5 Å². The van der Waals surface area contributed by atoms with Gasteiger partial charge in [-0.3, -0.25) is 19.8 Å². The lowest BCUT2D eigenvalue weighted by Crippen LogP contribution is -2.48. The fourth-order valence-electron chi connectivity index (χ4n) is 4.85. The number of likely N-dealkylation sites (tertiary alicyclic amines) is 1. The van der Waals surface area contributed by atoms with Gasteiger partial charge in [-0.05, 0) is 54.8 Å². The summed E-state index contributed by atoms with van der Waals surface area (Å²) in [5, 5.41) is 9.68. The molecule has 0 saturated carbocycles. The van der Waals surface area contributed by atoms with E-state index in [9.17, 15) is 9.59 Å². The van der Waals surface area contributed by atoms with Gasteiger partial charge in [0.15, 0.2) is 0 Å². The minimum atomic E-state index is -0.976. The molecule has 38 heavy (non-hydrogen) atoms. The van der Waals surface area contributed by atoms with E-state index < -0.39 is 17.4 Å². The third-order valence-electron chi connectivity index (χ3n) is 6.84. The first-order valence-electron chi connectivity index (χ1n) is 11.9. The van der Waals surface area contributed by atoms with Crippen LogP contribution < -0.4 is 10.2 Å². The van der Waals surface area contributed by atoms with Gasteiger partial charge >= 0.3 is 0 Å². The minimum Gasteiger partial charge on any atom is -0.489 e. The number of nitrogens with one attached hydrogen (secondary N) is 2. The number of hydroxylamine groups is 1. The fourth-order valence-corrected chi connectivity index (χ4v) is 5.35. The lowest BCUT2D eigenvalue weighted by atomic mass is 9.76. The number of hydrogen-bond acceptors (Lipinski definition) is 7. The molecule has 0 bridgehead atoms. The number of aromatic amines is 1. The zero-order valence-electron chi connectivity index (χ0n) is 20.3. The van der Waals surface area contributed by atoms with Crippen LogP contribution in [0.1, 0.15) is 30.3 Å². The summed E-state index contributed by atoms with van der Waals surface area (Å²) < 4.78 is 5.90. The molecule has 2 amide bonds. The van der Waals surface area contributed by atoms with E-state index >= 15 is 0 Å². The molecule has 5 rings (SSSR count). The van der Waals surface area contributed by atoms with Crippen molar-refractivity contribution in [3.63, 3.8) is 0 Å². The zero-order chi connectivity index (χ0) is 26.9. The molecule has 0 radical (unpaired) electrons. The minimum absolute atomic E-state index is 0.220. The van der Waals surface area contributed by atoms with Gasteiger partial charge in [0.1, 0.15) is 34.5 Å². The third kappa shape index (κ3) is 5.02. The van der Waals surface area contributed by atoms with Crippen LogP contribution in [0.2, 0.25) is 10.3 Å². The first-order chi connectivity index (χ1) is 18.3. The average molecular weight is 555 g/mol. The summed E-state index contributed by atoms with van der Waals surface area (Å²) in [6, 6.07) is 11.6. The Labute approximate surface area is 227 Å². The molecule has 1 aliphatic rings. The van der Waals surface area contributed by atoms with Crippen molar-refractivity contribution in [1.29, 1.82) is 0 Å². The summed E-state index contributed by atoms with van der Waals surface area (Å²) in [6.45, 7) is 2.16. The Bertz CT molecular complexity index is 1440. The van der Waals surface area contributed by atoms with E-state index in [0.717, 1.165) is 22.2 Å². The second kappa shape index (κ2) is 10.6. The lowest BCUT2D eigenvalue weighted by molar-refractivity contribution is -0.143. The van der Waals surface area contributed by atoms with Gasteiger partial charge in [0.2, 0.25) is 5.91 Å². The van der Waals surface area contributed by atoms with E-state index in [1.165, 1.54) is 4.90 Å². The topological polar surface area (TPSA) is 133 Å². The number of benzene rings is 1. The number of H-pyrrole nitrogens is 1. The zero-order valence-corrected chi connectivity index (χ0v) is 21.8. The molecule has 2 unspecified atom stereocenters. The number of carbonyl (C=O) groups is 2. The van der Waals surface area contributed by atoms with Crippen molar-refractivity contribution in [2.45, 2.75) is 37.8 Å². The summed E-state index contributed by atoms with van der Waals surface area (Å²) >= 11 is 11.9. The lowest BCUT2D eigenvalue weighted by Gasteiger charge is -2.29. The number of hydrogen-bond donors (Lipinski definition) is 3. The maximum atomic E-state index is 13.9. The number of rotatable bonds is 8. The highest BCUT2D eigenvalue weighted by Crippen LogP contribution is 2.40. The molecule has 1 saturated heterocycles. The molecule has 3 aromatic heterocycles. The second-order valence-corrected chi connectivity index (χ2v) is 9.94. The van der Waals surface area contributed by atoms with Crippen LogP contribution in [0.5, 0.6) is 5.75 Å². The first-order valence-corrected chi connectivity index (χ1v) is 12.6. The molecule has 1 aromatic carbocycles. The number of aromatic nitrogens is 4. The Morgan fingerprint density at radius 2 is 1.95 bits per heavy atom. The number of pyridine rings is 2. The van der Waals surface area contributed by atoms with Gasteiger partial charge in [0.25, 0.3) is 5.91 Å². The molecule has 1 aliphatic heterocycles. The molecule has 4 heterocycles. The van der Waals surface area contributed by atoms with Crippen molar-refractivity contribution in [2.24, 2.45) is 0 Å². The normalized spacial score (nSPS) is 18.1. The number of amides is 2. The second-order valence-electron chi connectivity index (χ2n) is 9.17. The standard InChI is InChI=1S/C26H24Cl2N6O4/c1-15(24(35)33-37)34-9-7-26(25(34)36,12-23-30-19-6-8-29-13-20(19)31-23)17-2-4-18(5-3-17)38-14-16-10-21(27)32-22(28)11-16/h2-6,8,10-11,13,15,37H,7,9,12,14H2,1H3,(H,30,31)(H,33,35). The Morgan fingerprint density at radius 1 is 1.21 bits per heavy atom. The van der Waals surface area contributed by atoms with E-state index in [1.807, 2.05) is 12.1 Å². The van der Waals surface area contributed by atoms with Crippen LogP contribution in [0.4, 0.5) is 0 Å². The molecule has 3 N–H and O–H groups in total. The molecule has 196 valence electrons. The molecule has 0 spiro atoms. The van der Waals surface area contributed by atoms with Crippen molar-refractivity contribution in [2.75, 3.05) is 6.54 Å². The van der Waals surface area contributed by atoms with Crippen molar-refractivity contribution >= 4 is 46.0 Å². The molecule has 10 nitrogen and oxygen atoms in total. The van der Waals surface area contributed by atoms with Gasteiger partial charge in [-0.25, -0.2) is 15.4 Å². The van der Waals surface area contributed by atoms with Crippen LogP contribution >= 0.6 is 23.2 Å². The van der Waals surface area contributed by atoms with Gasteiger partial charge in [0.05, 0.1) is 22.6 Å². The molecular weight excluding hydrogens is 531 g/mol. The monoisotopic (exact) mass is 554 g/mol. The summed E-state index contributed by atoms with van der Waals surface area (Å²) in [5.74, 6) is 0.360. The van der Waals surface area contributed by atoms with E-state index in [-0.39, 0.29) is 22.8 Å². The molecule has 12 heteroatoms. The highest BCUT2D eigenvalue weighted by Gasteiger charge is 2.50.